The third kappa shape index (κ3) is 49.1. The van der Waals surface area contributed by atoms with Gasteiger partial charge in [0, 0.05) is 12.8 Å². The van der Waals surface area contributed by atoms with Gasteiger partial charge in [0.05, 0.1) is 25.4 Å². The number of allylic oxidation sites excluding steroid dienone is 7. The van der Waals surface area contributed by atoms with Gasteiger partial charge in [-0.3, -0.25) is 9.59 Å². The highest BCUT2D eigenvalue weighted by atomic mass is 16.5. The van der Waals surface area contributed by atoms with Crippen molar-refractivity contribution in [1.82, 2.24) is 5.32 Å². The molecule has 0 fully saturated rings. The molecule has 0 aromatic heterocycles. The summed E-state index contributed by atoms with van der Waals surface area (Å²) in [6.07, 6.45) is 65.4. The first-order valence-electron chi connectivity index (χ1n) is 27.4. The maximum absolute atomic E-state index is 12.4. The molecule has 0 radical (unpaired) electrons. The third-order valence-corrected chi connectivity index (χ3v) is 12.3. The molecule has 6 heteroatoms. The van der Waals surface area contributed by atoms with Crippen LogP contribution in [0.15, 0.2) is 48.6 Å². The number of nitrogens with one attached hydrogen (secondary N) is 1. The zero-order valence-electron chi connectivity index (χ0n) is 41.8. The van der Waals surface area contributed by atoms with Gasteiger partial charge in [-0.25, -0.2) is 0 Å². The fourth-order valence-electron chi connectivity index (χ4n) is 8.07. The molecular formula is C57H105NO5. The van der Waals surface area contributed by atoms with Crippen molar-refractivity contribution in [2.24, 2.45) is 0 Å². The lowest BCUT2D eigenvalue weighted by molar-refractivity contribution is -0.143. The third-order valence-electron chi connectivity index (χ3n) is 12.3. The number of hydrogen-bond donors (Lipinski definition) is 3. The van der Waals surface area contributed by atoms with Crippen molar-refractivity contribution in [1.29, 1.82) is 0 Å². The highest BCUT2D eigenvalue weighted by Crippen LogP contribution is 2.15. The second-order valence-corrected chi connectivity index (χ2v) is 18.5. The fraction of sp³-hybridized carbons (Fsp3) is 0.825. The fourth-order valence-corrected chi connectivity index (χ4v) is 8.07. The molecule has 0 aliphatic carbocycles. The van der Waals surface area contributed by atoms with E-state index in [0.29, 0.717) is 19.4 Å². The first kappa shape index (κ1) is 60.8. The van der Waals surface area contributed by atoms with Crippen molar-refractivity contribution in [2.75, 3.05) is 13.2 Å². The van der Waals surface area contributed by atoms with E-state index in [2.05, 4.69) is 55.6 Å². The standard InChI is InChI=1S/C57H105NO5/c1-3-5-7-9-11-13-15-17-19-20-21-22-23-27-31-35-39-43-47-51-57(62)63-52-48-44-40-36-32-28-24-26-30-34-38-42-46-50-56(61)58-54(53-59)55(60)49-45-41-37-33-29-25-18-16-14-12-10-8-6-4-2/h11,13,17,19,26,30,45,49,54-55,59-60H,3-10,12,14-16,18,20-25,27-29,31-44,46-48,50-53H2,1-2H3,(H,58,61)/b13-11-,19-17-,30-26-,49-45+. The van der Waals surface area contributed by atoms with Crippen molar-refractivity contribution < 1.29 is 24.5 Å². The molecule has 0 heterocycles. The lowest BCUT2D eigenvalue weighted by Crippen LogP contribution is -2.45. The number of aliphatic hydroxyl groups is 2. The van der Waals surface area contributed by atoms with E-state index >= 15 is 0 Å². The summed E-state index contributed by atoms with van der Waals surface area (Å²) < 4.78 is 5.47. The van der Waals surface area contributed by atoms with Crippen LogP contribution in [0.4, 0.5) is 0 Å². The Labute approximate surface area is 391 Å². The monoisotopic (exact) mass is 884 g/mol. The summed E-state index contributed by atoms with van der Waals surface area (Å²) in [6, 6.07) is -0.649. The highest BCUT2D eigenvalue weighted by Gasteiger charge is 2.18. The summed E-state index contributed by atoms with van der Waals surface area (Å²) in [4.78, 5) is 24.5. The van der Waals surface area contributed by atoms with E-state index < -0.39 is 12.1 Å². The summed E-state index contributed by atoms with van der Waals surface area (Å²) in [6.45, 7) is 4.83. The van der Waals surface area contributed by atoms with Gasteiger partial charge in [0.1, 0.15) is 0 Å². The molecular weight excluding hydrogens is 779 g/mol. The van der Waals surface area contributed by atoms with Crippen LogP contribution >= 0.6 is 0 Å². The second-order valence-electron chi connectivity index (χ2n) is 18.5. The summed E-state index contributed by atoms with van der Waals surface area (Å²) in [5.41, 5.74) is 0. The van der Waals surface area contributed by atoms with Gasteiger partial charge in [-0.1, -0.05) is 223 Å². The summed E-state index contributed by atoms with van der Waals surface area (Å²) in [7, 11) is 0. The van der Waals surface area contributed by atoms with Crippen LogP contribution in [0.3, 0.4) is 0 Å². The molecule has 0 aromatic rings. The van der Waals surface area contributed by atoms with Crippen LogP contribution in [0, 0.1) is 0 Å². The number of carbonyl (C=O) groups excluding carboxylic acids is 2. The normalized spacial score (nSPS) is 13.0. The van der Waals surface area contributed by atoms with Crippen LogP contribution in [-0.2, 0) is 14.3 Å². The molecule has 3 N–H and O–H groups in total. The van der Waals surface area contributed by atoms with Crippen LogP contribution in [0.2, 0.25) is 0 Å². The van der Waals surface area contributed by atoms with Crippen LogP contribution in [0.25, 0.3) is 0 Å². The Morgan fingerprint density at radius 1 is 0.444 bits per heavy atom. The van der Waals surface area contributed by atoms with Gasteiger partial charge in [-0.05, 0) is 89.9 Å². The predicted molar refractivity (Wildman–Crippen MR) is 273 cm³/mol. The Hall–Kier alpha value is -2.18. The summed E-state index contributed by atoms with van der Waals surface area (Å²) >= 11 is 0. The average molecular weight is 884 g/mol. The predicted octanol–water partition coefficient (Wildman–Crippen LogP) is 16.6. The van der Waals surface area contributed by atoms with E-state index in [-0.39, 0.29) is 18.5 Å². The van der Waals surface area contributed by atoms with Gasteiger partial charge in [0.2, 0.25) is 5.91 Å². The van der Waals surface area contributed by atoms with E-state index in [4.69, 9.17) is 4.74 Å². The van der Waals surface area contributed by atoms with E-state index in [1.807, 2.05) is 6.08 Å². The van der Waals surface area contributed by atoms with Gasteiger partial charge in [0.15, 0.2) is 0 Å². The molecule has 368 valence electrons. The Morgan fingerprint density at radius 3 is 1.27 bits per heavy atom. The molecule has 0 aliphatic rings. The minimum Gasteiger partial charge on any atom is -0.466 e. The van der Waals surface area contributed by atoms with Gasteiger partial charge in [-0.15, -0.1) is 0 Å². The molecule has 2 atom stereocenters. The number of carbonyl (C=O) groups is 2. The van der Waals surface area contributed by atoms with E-state index in [1.54, 1.807) is 6.08 Å². The van der Waals surface area contributed by atoms with E-state index in [1.165, 1.54) is 173 Å². The maximum atomic E-state index is 12.4. The molecule has 0 aromatic carbocycles. The van der Waals surface area contributed by atoms with E-state index in [0.717, 1.165) is 77.0 Å². The molecule has 63 heavy (non-hydrogen) atoms. The highest BCUT2D eigenvalue weighted by molar-refractivity contribution is 5.76. The van der Waals surface area contributed by atoms with Gasteiger partial charge < -0.3 is 20.3 Å². The SMILES string of the molecule is CCCCC/C=C\C/C=C\CCCCCCCCCCCC(=O)OCCCCCCCC/C=C\CCCCCC(=O)NC(CO)C(O)/C=C/CCCCCCCCCCCCCC. The number of hydrogen-bond acceptors (Lipinski definition) is 5. The minimum atomic E-state index is -0.862. The largest absolute Gasteiger partial charge is 0.466 e. The summed E-state index contributed by atoms with van der Waals surface area (Å²) in [5, 5.41) is 23.0. The molecule has 0 aliphatic heterocycles. The van der Waals surface area contributed by atoms with Gasteiger partial charge >= 0.3 is 5.97 Å². The zero-order valence-corrected chi connectivity index (χ0v) is 41.8. The van der Waals surface area contributed by atoms with Crippen LogP contribution in [0.1, 0.15) is 277 Å². The molecule has 2 unspecified atom stereocenters. The molecule has 0 bridgehead atoms. The molecule has 6 nitrogen and oxygen atoms in total. The first-order chi connectivity index (χ1) is 31.0. The summed E-state index contributed by atoms with van der Waals surface area (Å²) in [5.74, 6) is -0.118. The molecule has 0 rings (SSSR count). The maximum Gasteiger partial charge on any atom is 0.305 e. The van der Waals surface area contributed by atoms with Crippen molar-refractivity contribution >= 4 is 11.9 Å². The van der Waals surface area contributed by atoms with Gasteiger partial charge in [-0.2, -0.15) is 0 Å². The Balaban J connectivity index is 3.51. The Bertz CT molecular complexity index is 1070. The number of rotatable bonds is 50. The number of ether oxygens (including phenoxy) is 1. The van der Waals surface area contributed by atoms with Crippen molar-refractivity contribution in [3.63, 3.8) is 0 Å². The Kier molecular flexibility index (Phi) is 50.6. The lowest BCUT2D eigenvalue weighted by atomic mass is 10.0. The molecule has 0 spiro atoms. The van der Waals surface area contributed by atoms with Crippen molar-refractivity contribution in [2.45, 2.75) is 289 Å². The minimum absolute atomic E-state index is 0.0185. The zero-order chi connectivity index (χ0) is 45.8. The molecule has 0 saturated carbocycles. The number of unbranched alkanes of at least 4 members (excludes halogenated alkanes) is 33. The molecule has 0 saturated heterocycles. The number of esters is 1. The smallest absolute Gasteiger partial charge is 0.305 e. The number of amides is 1. The molecule has 1 amide bonds. The lowest BCUT2D eigenvalue weighted by Gasteiger charge is -2.19. The quantitative estimate of drug-likeness (QED) is 0.0321. The Morgan fingerprint density at radius 2 is 0.794 bits per heavy atom. The second kappa shape index (κ2) is 52.4. The van der Waals surface area contributed by atoms with Gasteiger partial charge in [0.25, 0.3) is 0 Å². The van der Waals surface area contributed by atoms with Crippen LogP contribution < -0.4 is 5.32 Å². The van der Waals surface area contributed by atoms with Crippen LogP contribution in [0.5, 0.6) is 0 Å². The topological polar surface area (TPSA) is 95.9 Å². The number of aliphatic hydroxyl groups excluding tert-OH is 2. The van der Waals surface area contributed by atoms with Crippen LogP contribution in [-0.4, -0.2) is 47.4 Å². The van der Waals surface area contributed by atoms with E-state index in [9.17, 15) is 19.8 Å². The van der Waals surface area contributed by atoms with Crippen molar-refractivity contribution in [3.8, 4) is 0 Å². The average Bonchev–Trinajstić information content (AvgIpc) is 3.28. The first-order valence-corrected chi connectivity index (χ1v) is 27.4. The van der Waals surface area contributed by atoms with Crippen molar-refractivity contribution in [3.05, 3.63) is 48.6 Å².